The summed E-state index contributed by atoms with van der Waals surface area (Å²) in [5.74, 6) is 0.635. The number of carbonyl (C=O) groups excluding carboxylic acids is 3. The van der Waals surface area contributed by atoms with Gasteiger partial charge in [-0.3, -0.25) is 14.4 Å². The van der Waals surface area contributed by atoms with Crippen LogP contribution in [0.5, 0.6) is 0 Å². The van der Waals surface area contributed by atoms with Gasteiger partial charge in [0.1, 0.15) is 12.3 Å². The second-order valence-corrected chi connectivity index (χ2v) is 7.12. The molecule has 3 rings (SSSR count). The van der Waals surface area contributed by atoms with Crippen LogP contribution in [0.25, 0.3) is 0 Å². The van der Waals surface area contributed by atoms with Crippen LogP contribution in [0.4, 0.5) is 4.79 Å². The minimum absolute atomic E-state index is 0.114. The van der Waals surface area contributed by atoms with Gasteiger partial charge in [0.2, 0.25) is 5.78 Å². The smallest absolute Gasteiger partial charge is 0.326 e. The van der Waals surface area contributed by atoms with E-state index in [0.717, 1.165) is 17.1 Å². The normalized spacial score (nSPS) is 14.1. The molecule has 0 aliphatic carbocycles. The van der Waals surface area contributed by atoms with Crippen molar-refractivity contribution in [3.05, 3.63) is 47.2 Å². The third-order valence-electron chi connectivity index (χ3n) is 4.30. The number of thioether (sulfide) groups is 1. The molecule has 7 nitrogen and oxygen atoms in total. The monoisotopic (exact) mass is 376 g/mol. The van der Waals surface area contributed by atoms with Gasteiger partial charge in [-0.2, -0.15) is 0 Å². The molecular weight excluding hydrogens is 356 g/mol. The van der Waals surface area contributed by atoms with Crippen molar-refractivity contribution in [2.24, 2.45) is 0 Å². The Balaban J connectivity index is 1.59. The number of furan rings is 1. The van der Waals surface area contributed by atoms with Crippen molar-refractivity contribution in [2.45, 2.75) is 20.4 Å². The minimum Gasteiger partial charge on any atom is -0.467 e. The molecule has 2 aromatic heterocycles. The summed E-state index contributed by atoms with van der Waals surface area (Å²) in [6.45, 7) is 4.38. The maximum absolute atomic E-state index is 12.4. The van der Waals surface area contributed by atoms with E-state index in [1.807, 2.05) is 30.5 Å². The minimum atomic E-state index is -0.571. The maximum Gasteiger partial charge on any atom is 0.326 e. The molecular formula is C18H20N2O5S. The summed E-state index contributed by atoms with van der Waals surface area (Å²) in [5, 5.41) is -0.130. The van der Waals surface area contributed by atoms with Gasteiger partial charge < -0.3 is 18.6 Å². The van der Waals surface area contributed by atoms with Gasteiger partial charge in [-0.05, 0) is 32.0 Å². The van der Waals surface area contributed by atoms with E-state index < -0.39 is 5.97 Å². The summed E-state index contributed by atoms with van der Waals surface area (Å²) >= 11 is 1.18. The molecule has 26 heavy (non-hydrogen) atoms. The number of ether oxygens (including phenoxy) is 1. The lowest BCUT2D eigenvalue weighted by Crippen LogP contribution is -2.31. The third-order valence-corrected chi connectivity index (χ3v) is 5.19. The molecule has 0 unspecified atom stereocenters. The molecule has 1 amide bonds. The van der Waals surface area contributed by atoms with Crippen LogP contribution < -0.4 is 0 Å². The predicted molar refractivity (Wildman–Crippen MR) is 96.4 cm³/mol. The zero-order valence-corrected chi connectivity index (χ0v) is 15.5. The fourth-order valence-electron chi connectivity index (χ4n) is 2.88. The fraction of sp³-hybridized carbons (Fsp3) is 0.389. The zero-order valence-electron chi connectivity index (χ0n) is 14.7. The van der Waals surface area contributed by atoms with Gasteiger partial charge in [-0.1, -0.05) is 11.8 Å². The van der Waals surface area contributed by atoms with Gasteiger partial charge in [-0.25, -0.2) is 0 Å². The first-order chi connectivity index (χ1) is 12.5. The Hall–Kier alpha value is -2.48. The number of nitrogens with zero attached hydrogens (tertiary/aromatic N) is 2. The SMILES string of the molecule is Cc1cc(C(=O)COC(=O)CN2CCSC2=O)c(C)n1Cc1ccco1. The highest BCUT2D eigenvalue weighted by Gasteiger charge is 2.24. The predicted octanol–water partition coefficient (Wildman–Crippen LogP) is 2.64. The first-order valence-corrected chi connectivity index (χ1v) is 9.24. The summed E-state index contributed by atoms with van der Waals surface area (Å²) in [7, 11) is 0. The highest BCUT2D eigenvalue weighted by Crippen LogP contribution is 2.19. The number of hydrogen-bond acceptors (Lipinski definition) is 6. The van der Waals surface area contributed by atoms with Crippen LogP contribution in [-0.2, 0) is 16.1 Å². The third kappa shape index (κ3) is 4.01. The molecule has 8 heteroatoms. The second-order valence-electron chi connectivity index (χ2n) is 6.07. The first kappa shape index (κ1) is 18.3. The van der Waals surface area contributed by atoms with E-state index in [1.165, 1.54) is 16.7 Å². The second kappa shape index (κ2) is 7.82. The summed E-state index contributed by atoms with van der Waals surface area (Å²) in [5.41, 5.74) is 2.24. The highest BCUT2D eigenvalue weighted by molar-refractivity contribution is 8.13. The Morgan fingerprint density at radius 1 is 1.35 bits per heavy atom. The lowest BCUT2D eigenvalue weighted by atomic mass is 10.1. The molecule has 1 fully saturated rings. The van der Waals surface area contributed by atoms with Crippen molar-refractivity contribution < 1.29 is 23.5 Å². The van der Waals surface area contributed by atoms with Crippen molar-refractivity contribution in [2.75, 3.05) is 25.4 Å². The Morgan fingerprint density at radius 3 is 2.81 bits per heavy atom. The fourth-order valence-corrected chi connectivity index (χ4v) is 3.70. The van der Waals surface area contributed by atoms with Gasteiger partial charge in [0, 0.05) is 29.2 Å². The molecule has 0 aromatic carbocycles. The highest BCUT2D eigenvalue weighted by atomic mass is 32.2. The maximum atomic E-state index is 12.4. The topological polar surface area (TPSA) is 81.8 Å². The van der Waals surface area contributed by atoms with Crippen molar-refractivity contribution in [3.63, 3.8) is 0 Å². The molecule has 1 saturated heterocycles. The van der Waals surface area contributed by atoms with Crippen LogP contribution in [0.1, 0.15) is 27.5 Å². The number of ketones is 1. The van der Waals surface area contributed by atoms with E-state index in [2.05, 4.69) is 0 Å². The molecule has 0 N–H and O–H groups in total. The Labute approximate surface area is 155 Å². The lowest BCUT2D eigenvalue weighted by Gasteiger charge is -2.13. The van der Waals surface area contributed by atoms with Crippen molar-refractivity contribution >= 4 is 28.8 Å². The van der Waals surface area contributed by atoms with Gasteiger partial charge in [0.05, 0.1) is 12.8 Å². The van der Waals surface area contributed by atoms with Gasteiger partial charge in [0.25, 0.3) is 5.24 Å². The summed E-state index contributed by atoms with van der Waals surface area (Å²) in [4.78, 5) is 37.2. The average molecular weight is 376 g/mol. The Morgan fingerprint density at radius 2 is 2.15 bits per heavy atom. The number of Topliss-reactive ketones (excluding diaryl/α,β-unsaturated/α-hetero) is 1. The average Bonchev–Trinajstić information content (AvgIpc) is 3.32. The number of rotatable bonds is 7. The molecule has 0 atom stereocenters. The van der Waals surface area contributed by atoms with E-state index in [1.54, 1.807) is 12.3 Å². The van der Waals surface area contributed by atoms with Crippen molar-refractivity contribution in [1.82, 2.24) is 9.47 Å². The Bertz CT molecular complexity index is 825. The number of amides is 1. The summed E-state index contributed by atoms with van der Waals surface area (Å²) in [6.07, 6.45) is 1.61. The van der Waals surface area contributed by atoms with E-state index in [0.29, 0.717) is 24.4 Å². The molecule has 0 bridgehead atoms. The molecule has 2 aromatic rings. The number of hydrogen-bond donors (Lipinski definition) is 0. The summed E-state index contributed by atoms with van der Waals surface area (Å²) in [6, 6.07) is 5.48. The van der Waals surface area contributed by atoms with Gasteiger partial charge in [0.15, 0.2) is 6.61 Å². The zero-order chi connectivity index (χ0) is 18.7. The molecule has 138 valence electrons. The molecule has 1 aliphatic rings. The van der Waals surface area contributed by atoms with Crippen LogP contribution in [0.3, 0.4) is 0 Å². The van der Waals surface area contributed by atoms with Crippen LogP contribution in [0.2, 0.25) is 0 Å². The molecule has 0 radical (unpaired) electrons. The number of carbonyl (C=O) groups is 3. The Kier molecular flexibility index (Phi) is 5.51. The molecule has 0 saturated carbocycles. The van der Waals surface area contributed by atoms with Crippen molar-refractivity contribution in [3.8, 4) is 0 Å². The largest absolute Gasteiger partial charge is 0.467 e. The number of aryl methyl sites for hydroxylation is 1. The van der Waals surface area contributed by atoms with Gasteiger partial charge in [-0.15, -0.1) is 0 Å². The molecule has 0 spiro atoms. The molecule has 3 heterocycles. The van der Waals surface area contributed by atoms with E-state index in [4.69, 9.17) is 9.15 Å². The van der Waals surface area contributed by atoms with E-state index in [9.17, 15) is 14.4 Å². The van der Waals surface area contributed by atoms with Crippen LogP contribution in [0.15, 0.2) is 28.9 Å². The number of esters is 1. The van der Waals surface area contributed by atoms with E-state index >= 15 is 0 Å². The van der Waals surface area contributed by atoms with E-state index in [-0.39, 0.29) is 24.2 Å². The standard InChI is InChI=1S/C18H20N2O5S/c1-12-8-15(13(2)20(12)9-14-4-3-6-24-14)16(21)11-25-17(22)10-19-5-7-26-18(19)23/h3-4,6,8H,5,7,9-11H2,1-2H3. The first-order valence-electron chi connectivity index (χ1n) is 8.25. The quantitative estimate of drug-likeness (QED) is 0.546. The van der Waals surface area contributed by atoms with Crippen LogP contribution in [0, 0.1) is 13.8 Å². The van der Waals surface area contributed by atoms with Crippen molar-refractivity contribution in [1.29, 1.82) is 0 Å². The lowest BCUT2D eigenvalue weighted by molar-refractivity contribution is -0.142. The van der Waals surface area contributed by atoms with Crippen LogP contribution >= 0.6 is 11.8 Å². The van der Waals surface area contributed by atoms with Crippen LogP contribution in [-0.4, -0.2) is 51.9 Å². The van der Waals surface area contributed by atoms with Gasteiger partial charge >= 0.3 is 5.97 Å². The molecule has 1 aliphatic heterocycles. The summed E-state index contributed by atoms with van der Waals surface area (Å²) < 4.78 is 12.4. The number of aromatic nitrogens is 1.